The molecule has 0 amide bonds. The van der Waals surface area contributed by atoms with Crippen molar-refractivity contribution in [1.82, 2.24) is 0 Å². The van der Waals surface area contributed by atoms with Crippen LogP contribution in [-0.2, 0) is 4.74 Å². The first-order valence-electron chi connectivity index (χ1n) is 1.85. The molecule has 2 nitrogen and oxygen atoms in total. The monoisotopic (exact) mass is 178 g/mol. The molecule has 0 spiro atoms. The molecule has 0 saturated carbocycles. The van der Waals surface area contributed by atoms with Gasteiger partial charge in [0.05, 0.1) is 6.61 Å². The van der Waals surface area contributed by atoms with E-state index < -0.39 is 10.6 Å². The Balaban J connectivity index is 2.93. The first-order chi connectivity index (χ1) is 3.63. The van der Waals surface area contributed by atoms with Gasteiger partial charge in [0.1, 0.15) is 4.84 Å². The summed E-state index contributed by atoms with van der Waals surface area (Å²) in [7, 11) is 0. The summed E-state index contributed by atoms with van der Waals surface area (Å²) in [5.74, 6) is -1.31. The molecule has 0 saturated heterocycles. The van der Waals surface area contributed by atoms with Crippen molar-refractivity contribution < 1.29 is 9.84 Å². The highest BCUT2D eigenvalue weighted by atomic mass is 35.5. The number of halogens is 3. The van der Waals surface area contributed by atoms with E-state index in [1.807, 2.05) is 0 Å². The van der Waals surface area contributed by atoms with E-state index >= 15 is 0 Å². The summed E-state index contributed by atoms with van der Waals surface area (Å²) < 4.78 is 4.36. The van der Waals surface area contributed by atoms with Crippen LogP contribution < -0.4 is 0 Å². The van der Waals surface area contributed by atoms with Gasteiger partial charge < -0.3 is 9.84 Å². The van der Waals surface area contributed by atoms with Crippen LogP contribution in [0.15, 0.2) is 0 Å². The van der Waals surface area contributed by atoms with Gasteiger partial charge in [-0.3, -0.25) is 0 Å². The largest absolute Gasteiger partial charge is 0.356 e. The van der Waals surface area contributed by atoms with Crippen molar-refractivity contribution in [2.75, 3.05) is 6.61 Å². The summed E-state index contributed by atoms with van der Waals surface area (Å²) in [6.45, 7) is 0.0355. The first kappa shape index (κ1) is 8.79. The van der Waals surface area contributed by atoms with Crippen molar-refractivity contribution >= 4 is 34.8 Å². The number of alkyl halides is 3. The molecule has 0 bridgehead atoms. The molecule has 0 aliphatic heterocycles. The molecule has 0 aromatic rings. The zero-order chi connectivity index (χ0) is 6.57. The van der Waals surface area contributed by atoms with Crippen molar-refractivity contribution in [3.05, 3.63) is 0 Å². The standard InChI is InChI=1S/C3H5Cl3O2/c4-2(5)1-8-3(6)7/h2-3,7H,1H2. The molecule has 1 unspecified atom stereocenters. The molecule has 0 aliphatic rings. The van der Waals surface area contributed by atoms with Crippen LogP contribution in [0.1, 0.15) is 0 Å². The Bertz CT molecular complexity index is 48.5. The van der Waals surface area contributed by atoms with Gasteiger partial charge >= 0.3 is 0 Å². The molecule has 1 atom stereocenters. The molecule has 1 N–H and O–H groups in total. The smallest absolute Gasteiger partial charge is 0.234 e. The maximum absolute atomic E-state index is 8.23. The van der Waals surface area contributed by atoms with Crippen LogP contribution in [0.2, 0.25) is 0 Å². The lowest BCUT2D eigenvalue weighted by Crippen LogP contribution is -2.08. The molecule has 0 aromatic heterocycles. The van der Waals surface area contributed by atoms with Crippen LogP contribution in [0.5, 0.6) is 0 Å². The molecule has 0 fully saturated rings. The summed E-state index contributed by atoms with van der Waals surface area (Å²) in [4.78, 5) is -0.636. The second-order valence-electron chi connectivity index (χ2n) is 1.02. The topological polar surface area (TPSA) is 29.5 Å². The zero-order valence-electron chi connectivity index (χ0n) is 3.85. The predicted octanol–water partition coefficient (Wildman–Crippen LogP) is 1.32. The number of hydrogen-bond acceptors (Lipinski definition) is 2. The Morgan fingerprint density at radius 1 is 1.38 bits per heavy atom. The van der Waals surface area contributed by atoms with Gasteiger partial charge in [0, 0.05) is 0 Å². The molecule has 0 heterocycles. The summed E-state index contributed by atoms with van der Waals surface area (Å²) in [5, 5.41) is 8.23. The van der Waals surface area contributed by atoms with Gasteiger partial charge in [-0.25, -0.2) is 0 Å². The average molecular weight is 179 g/mol. The van der Waals surface area contributed by atoms with Gasteiger partial charge in [-0.15, -0.1) is 23.2 Å². The van der Waals surface area contributed by atoms with E-state index in [9.17, 15) is 0 Å². The third kappa shape index (κ3) is 6.79. The van der Waals surface area contributed by atoms with E-state index in [4.69, 9.17) is 39.9 Å². The van der Waals surface area contributed by atoms with Crippen molar-refractivity contribution in [3.8, 4) is 0 Å². The molecule has 0 radical (unpaired) electrons. The zero-order valence-corrected chi connectivity index (χ0v) is 6.12. The highest BCUT2D eigenvalue weighted by Gasteiger charge is 2.01. The van der Waals surface area contributed by atoms with Crippen LogP contribution in [-0.4, -0.2) is 22.3 Å². The quantitative estimate of drug-likeness (QED) is 0.523. The highest BCUT2D eigenvalue weighted by Crippen LogP contribution is 2.03. The minimum absolute atomic E-state index is 0.0355. The number of rotatable bonds is 3. The molecular formula is C3H5Cl3O2. The Kier molecular flexibility index (Phi) is 5.11. The second kappa shape index (κ2) is 4.65. The van der Waals surface area contributed by atoms with E-state index in [2.05, 4.69) is 4.74 Å². The Morgan fingerprint density at radius 3 is 2.00 bits per heavy atom. The predicted molar refractivity (Wildman–Crippen MR) is 33.3 cm³/mol. The van der Waals surface area contributed by atoms with Crippen LogP contribution in [0, 0.1) is 0 Å². The van der Waals surface area contributed by atoms with Gasteiger partial charge in [0.25, 0.3) is 0 Å². The van der Waals surface area contributed by atoms with Crippen LogP contribution in [0.25, 0.3) is 0 Å². The summed E-state index contributed by atoms with van der Waals surface area (Å²) in [5.41, 5.74) is 0. The minimum Gasteiger partial charge on any atom is -0.356 e. The molecule has 50 valence electrons. The fourth-order valence-corrected chi connectivity index (χ4v) is 0.370. The van der Waals surface area contributed by atoms with E-state index in [1.165, 1.54) is 0 Å². The Labute approximate surface area is 62.3 Å². The molecule has 0 aliphatic carbocycles. The number of hydrogen-bond donors (Lipinski definition) is 1. The Hall–Kier alpha value is 0.790. The van der Waals surface area contributed by atoms with Gasteiger partial charge in [0.15, 0.2) is 0 Å². The van der Waals surface area contributed by atoms with Crippen molar-refractivity contribution in [2.45, 2.75) is 10.6 Å². The average Bonchev–Trinajstić information content (AvgIpc) is 1.61. The van der Waals surface area contributed by atoms with Crippen LogP contribution >= 0.6 is 34.8 Å². The summed E-state index contributed by atoms with van der Waals surface area (Å²) >= 11 is 15.3. The van der Waals surface area contributed by atoms with E-state index in [-0.39, 0.29) is 6.61 Å². The van der Waals surface area contributed by atoms with Gasteiger partial charge in [-0.2, -0.15) is 0 Å². The third-order valence-corrected chi connectivity index (χ3v) is 0.738. The summed E-state index contributed by atoms with van der Waals surface area (Å²) in [6, 6.07) is 0. The lowest BCUT2D eigenvalue weighted by molar-refractivity contribution is -0.0338. The summed E-state index contributed by atoms with van der Waals surface area (Å²) in [6.07, 6.45) is 0. The molecular weight excluding hydrogens is 174 g/mol. The van der Waals surface area contributed by atoms with Crippen LogP contribution in [0.3, 0.4) is 0 Å². The number of aliphatic hydroxyl groups is 1. The molecule has 0 aromatic carbocycles. The lowest BCUT2D eigenvalue weighted by atomic mass is 10.8. The normalized spacial score (nSPS) is 14.6. The fourth-order valence-electron chi connectivity index (χ4n) is 0.152. The van der Waals surface area contributed by atoms with E-state index in [1.54, 1.807) is 0 Å². The SMILES string of the molecule is OC(Cl)OCC(Cl)Cl. The van der Waals surface area contributed by atoms with Crippen molar-refractivity contribution in [3.63, 3.8) is 0 Å². The van der Waals surface area contributed by atoms with Gasteiger partial charge in [-0.1, -0.05) is 11.6 Å². The molecule has 8 heavy (non-hydrogen) atoms. The van der Waals surface area contributed by atoms with Crippen LogP contribution in [0.4, 0.5) is 0 Å². The lowest BCUT2D eigenvalue weighted by Gasteiger charge is -2.03. The maximum Gasteiger partial charge on any atom is 0.234 e. The van der Waals surface area contributed by atoms with E-state index in [0.29, 0.717) is 0 Å². The second-order valence-corrected chi connectivity index (χ2v) is 2.67. The van der Waals surface area contributed by atoms with Gasteiger partial charge in [0.2, 0.25) is 5.75 Å². The van der Waals surface area contributed by atoms with Crippen molar-refractivity contribution in [1.29, 1.82) is 0 Å². The third-order valence-electron chi connectivity index (χ3n) is 0.360. The molecule has 0 rings (SSSR count). The molecule has 5 heteroatoms. The first-order valence-corrected chi connectivity index (χ1v) is 3.15. The van der Waals surface area contributed by atoms with E-state index in [0.717, 1.165) is 0 Å². The van der Waals surface area contributed by atoms with Crippen molar-refractivity contribution in [2.24, 2.45) is 0 Å². The number of ether oxygens (including phenoxy) is 1. The minimum atomic E-state index is -1.31. The highest BCUT2D eigenvalue weighted by molar-refractivity contribution is 6.44. The van der Waals surface area contributed by atoms with Gasteiger partial charge in [-0.05, 0) is 0 Å². The fraction of sp³-hybridized carbons (Fsp3) is 1.00. The Morgan fingerprint density at radius 2 is 1.88 bits per heavy atom. The number of aliphatic hydroxyl groups excluding tert-OH is 1. The maximum atomic E-state index is 8.23.